The second-order valence-corrected chi connectivity index (χ2v) is 12.2. The summed E-state index contributed by atoms with van der Waals surface area (Å²) in [6.45, 7) is 5.39. The van der Waals surface area contributed by atoms with Crippen LogP contribution < -0.4 is 15.0 Å². The van der Waals surface area contributed by atoms with Crippen LogP contribution in [0.4, 0.5) is 5.95 Å². The minimum Gasteiger partial charge on any atom is -0.481 e. The van der Waals surface area contributed by atoms with Crippen LogP contribution in [-0.2, 0) is 11.3 Å². The molecule has 5 heterocycles. The molecule has 3 aliphatic heterocycles. The van der Waals surface area contributed by atoms with Crippen molar-refractivity contribution in [2.45, 2.75) is 44.7 Å². The number of pyridine rings is 1. The molecule has 2 atom stereocenters. The highest BCUT2D eigenvalue weighted by Crippen LogP contribution is 2.32. The predicted octanol–water partition coefficient (Wildman–Crippen LogP) is 6.36. The molecule has 0 aliphatic carbocycles. The number of aromatic nitrogens is 3. The molecule has 0 bridgehead atoms. The van der Waals surface area contributed by atoms with Crippen LogP contribution in [0.25, 0.3) is 11.3 Å². The van der Waals surface area contributed by atoms with Crippen LogP contribution in [0.1, 0.15) is 37.7 Å². The van der Waals surface area contributed by atoms with Crippen molar-refractivity contribution in [1.82, 2.24) is 25.2 Å². The van der Waals surface area contributed by atoms with Crippen LogP contribution >= 0.6 is 48.0 Å². The maximum absolute atomic E-state index is 11.1. The first-order valence-corrected chi connectivity index (χ1v) is 15.0. The van der Waals surface area contributed by atoms with E-state index in [-0.39, 0.29) is 37.2 Å². The maximum Gasteiger partial charge on any atom is 0.303 e. The first kappa shape index (κ1) is 33.5. The summed E-state index contributed by atoms with van der Waals surface area (Å²) in [5.41, 5.74) is 2.53. The summed E-state index contributed by atoms with van der Waals surface area (Å²) in [5.74, 6) is 1.83. The summed E-state index contributed by atoms with van der Waals surface area (Å²) in [5, 5.41) is 13.8. The summed E-state index contributed by atoms with van der Waals surface area (Å²) in [4.78, 5) is 29.7. The summed E-state index contributed by atoms with van der Waals surface area (Å²) in [6, 6.07) is 9.94. The third kappa shape index (κ3) is 8.62. The minimum absolute atomic E-state index is 0. The van der Waals surface area contributed by atoms with E-state index in [9.17, 15) is 4.79 Å². The summed E-state index contributed by atoms with van der Waals surface area (Å²) < 4.78 is 6.19. The van der Waals surface area contributed by atoms with Crippen LogP contribution in [0, 0.1) is 11.8 Å². The number of benzene rings is 1. The van der Waals surface area contributed by atoms with Crippen molar-refractivity contribution in [2.75, 3.05) is 37.6 Å². The number of anilines is 1. The molecule has 0 amide bonds. The Bertz CT molecular complexity index is 1370. The normalized spacial score (nSPS) is 20.6. The van der Waals surface area contributed by atoms with E-state index in [0.29, 0.717) is 45.9 Å². The number of rotatable bonds is 8. The van der Waals surface area contributed by atoms with E-state index in [2.05, 4.69) is 25.1 Å². The van der Waals surface area contributed by atoms with Gasteiger partial charge in [0.25, 0.3) is 0 Å². The number of carboxylic acid groups (broad SMARTS) is 1. The monoisotopic (exact) mass is 668 g/mol. The molecule has 2 unspecified atom stereocenters. The lowest BCUT2D eigenvalue weighted by molar-refractivity contribution is -0.138. The van der Waals surface area contributed by atoms with Crippen LogP contribution in [-0.4, -0.2) is 69.7 Å². The van der Waals surface area contributed by atoms with Gasteiger partial charge in [0, 0.05) is 53.8 Å². The average Bonchev–Trinajstić information content (AvgIpc) is 3.42. The average molecular weight is 670 g/mol. The number of ether oxygens (including phenoxy) is 1. The van der Waals surface area contributed by atoms with Crippen molar-refractivity contribution in [1.29, 1.82) is 0 Å². The highest BCUT2D eigenvalue weighted by molar-refractivity contribution is 6.35. The number of hydrogen-bond acceptors (Lipinski definition) is 8. The number of aliphatic carboxylic acids is 1. The largest absolute Gasteiger partial charge is 0.481 e. The van der Waals surface area contributed by atoms with E-state index >= 15 is 0 Å². The van der Waals surface area contributed by atoms with E-state index in [1.54, 1.807) is 18.5 Å². The van der Waals surface area contributed by atoms with Gasteiger partial charge in [0.2, 0.25) is 11.8 Å². The number of nitrogens with one attached hydrogen (secondary N) is 1. The first-order valence-electron chi connectivity index (χ1n) is 14.3. The molecule has 2 aromatic heterocycles. The second kappa shape index (κ2) is 15.1. The number of halogens is 4. The molecule has 43 heavy (non-hydrogen) atoms. The molecule has 232 valence electrons. The molecule has 9 nitrogen and oxygen atoms in total. The molecule has 3 saturated heterocycles. The van der Waals surface area contributed by atoms with Gasteiger partial charge >= 0.3 is 5.97 Å². The number of likely N-dealkylation sites (tertiary alicyclic amines) is 1. The number of piperidine rings is 2. The van der Waals surface area contributed by atoms with Crippen LogP contribution in [0.2, 0.25) is 10.0 Å². The second-order valence-electron chi connectivity index (χ2n) is 11.3. The molecule has 13 heteroatoms. The molecule has 0 radical (unpaired) electrons. The first-order chi connectivity index (χ1) is 19.9. The van der Waals surface area contributed by atoms with Gasteiger partial charge in [0.1, 0.15) is 0 Å². The van der Waals surface area contributed by atoms with Gasteiger partial charge in [0.15, 0.2) is 5.75 Å². The zero-order valence-corrected chi connectivity index (χ0v) is 26.8. The fourth-order valence-electron chi connectivity index (χ4n) is 6.28. The van der Waals surface area contributed by atoms with Gasteiger partial charge < -0.3 is 20.1 Å². The predicted molar refractivity (Wildman–Crippen MR) is 173 cm³/mol. The Labute approximate surface area is 274 Å². The lowest BCUT2D eigenvalue weighted by atomic mass is 9.93. The number of nitrogens with zero attached hydrogens (tertiary/aromatic N) is 5. The minimum atomic E-state index is -0.725. The van der Waals surface area contributed by atoms with Gasteiger partial charge in [-0.2, -0.15) is 0 Å². The van der Waals surface area contributed by atoms with Crippen molar-refractivity contribution in [2.24, 2.45) is 11.8 Å². The van der Waals surface area contributed by atoms with Crippen LogP contribution in [0.15, 0.2) is 42.7 Å². The fourth-order valence-corrected chi connectivity index (χ4v) is 6.81. The molecular weight excluding hydrogens is 634 g/mol. The standard InChI is InChI=1S/C30H34Cl2N6O3.2ClH/c31-23-12-22(13-24(32)14-23)27-9-20(17-37-6-2-19(3-7-37)11-29(39)40)10-28(36-27)41-25-15-34-30(35-16-25)38-8-4-26-21(18-38)1-5-33-26;;/h9-10,12-16,19,21,26,33H,1-8,11,17-18H2,(H,39,40);2*1H. The van der Waals surface area contributed by atoms with Crippen molar-refractivity contribution in [3.8, 4) is 22.9 Å². The summed E-state index contributed by atoms with van der Waals surface area (Å²) >= 11 is 12.6. The molecule has 6 rings (SSSR count). The Morgan fingerprint density at radius 3 is 2.40 bits per heavy atom. The number of fused-ring (bicyclic) bond motifs is 1. The van der Waals surface area contributed by atoms with Gasteiger partial charge in [-0.05, 0) is 87.0 Å². The van der Waals surface area contributed by atoms with Gasteiger partial charge in [0.05, 0.1) is 18.1 Å². The molecule has 2 N–H and O–H groups in total. The highest BCUT2D eigenvalue weighted by atomic mass is 35.5. The smallest absolute Gasteiger partial charge is 0.303 e. The quantitative estimate of drug-likeness (QED) is 0.284. The molecule has 3 aromatic rings. The maximum atomic E-state index is 11.1. The molecular formula is C30H36Cl4N6O3. The summed E-state index contributed by atoms with van der Waals surface area (Å²) in [6.07, 6.45) is 7.70. The molecule has 1 aromatic carbocycles. The highest BCUT2D eigenvalue weighted by Gasteiger charge is 2.33. The van der Waals surface area contributed by atoms with Gasteiger partial charge in [-0.25, -0.2) is 15.0 Å². The SMILES string of the molecule is Cl.Cl.O=C(O)CC1CCN(Cc2cc(Oc3cnc(N4CCC5NCCC5C4)nc3)nc(-c3cc(Cl)cc(Cl)c3)c2)CC1. The van der Waals surface area contributed by atoms with Crippen molar-refractivity contribution in [3.63, 3.8) is 0 Å². The summed E-state index contributed by atoms with van der Waals surface area (Å²) in [7, 11) is 0. The molecule has 3 aliphatic rings. The number of carboxylic acids is 1. The fraction of sp³-hybridized carbons (Fsp3) is 0.467. The van der Waals surface area contributed by atoms with E-state index in [1.807, 2.05) is 24.3 Å². The van der Waals surface area contributed by atoms with Crippen molar-refractivity contribution >= 4 is 59.9 Å². The van der Waals surface area contributed by atoms with E-state index in [0.717, 1.165) is 69.1 Å². The molecule has 0 saturated carbocycles. The third-order valence-electron chi connectivity index (χ3n) is 8.37. The lowest BCUT2D eigenvalue weighted by Crippen LogP contribution is -2.45. The number of carbonyl (C=O) groups is 1. The van der Waals surface area contributed by atoms with E-state index in [1.165, 1.54) is 6.42 Å². The molecule has 3 fully saturated rings. The van der Waals surface area contributed by atoms with Gasteiger partial charge in [-0.15, -0.1) is 24.8 Å². The topological polar surface area (TPSA) is 104 Å². The van der Waals surface area contributed by atoms with Gasteiger partial charge in [-0.1, -0.05) is 23.2 Å². The lowest BCUT2D eigenvalue weighted by Gasteiger charge is -2.34. The Kier molecular flexibility index (Phi) is 11.7. The Hall–Kier alpha value is -2.40. The van der Waals surface area contributed by atoms with Crippen molar-refractivity contribution < 1.29 is 14.6 Å². The zero-order valence-electron chi connectivity index (χ0n) is 23.6. The Morgan fingerprint density at radius 2 is 1.70 bits per heavy atom. The Morgan fingerprint density at radius 1 is 0.977 bits per heavy atom. The van der Waals surface area contributed by atoms with E-state index < -0.39 is 5.97 Å². The van der Waals surface area contributed by atoms with Gasteiger partial charge in [-0.3, -0.25) is 9.69 Å². The molecule has 0 spiro atoms. The van der Waals surface area contributed by atoms with Crippen molar-refractivity contribution in [3.05, 3.63) is 58.3 Å². The van der Waals surface area contributed by atoms with E-state index in [4.69, 9.17) is 38.0 Å². The van der Waals surface area contributed by atoms with Crippen LogP contribution in [0.3, 0.4) is 0 Å². The van der Waals surface area contributed by atoms with Crippen LogP contribution in [0.5, 0.6) is 11.6 Å². The third-order valence-corrected chi connectivity index (χ3v) is 8.81. The zero-order chi connectivity index (χ0) is 28.3. The number of hydrogen-bond donors (Lipinski definition) is 2. The Balaban J connectivity index is 0.00000212.